The van der Waals surface area contributed by atoms with Crippen LogP contribution in [-0.4, -0.2) is 27.8 Å². The van der Waals surface area contributed by atoms with Crippen LogP contribution in [0, 0.1) is 31.0 Å². The standard InChI is InChI=1S/C27H23FN4O2S/c1-18-14-19(2)16-22(15-18)31(13-5-12-29)25(33)17-35-27-30-24-7-4-3-6-23(24)26(34)32(27)21-10-8-20(28)9-11-21/h3-4,6-11,14-16H,5,13,17H2,1-2H3. The first-order valence-corrected chi connectivity index (χ1v) is 12.0. The minimum absolute atomic E-state index is 0.00436. The molecule has 176 valence electrons. The van der Waals surface area contributed by atoms with Gasteiger partial charge in [-0.25, -0.2) is 9.37 Å². The fourth-order valence-electron chi connectivity index (χ4n) is 3.90. The highest BCUT2D eigenvalue weighted by molar-refractivity contribution is 7.99. The number of carbonyl (C=O) groups excluding carboxylic acids is 1. The van der Waals surface area contributed by atoms with Gasteiger partial charge in [-0.1, -0.05) is 30.0 Å². The minimum Gasteiger partial charge on any atom is -0.311 e. The van der Waals surface area contributed by atoms with E-state index in [4.69, 9.17) is 5.26 Å². The van der Waals surface area contributed by atoms with Crippen LogP contribution in [0.3, 0.4) is 0 Å². The van der Waals surface area contributed by atoms with E-state index in [2.05, 4.69) is 11.1 Å². The second-order valence-corrected chi connectivity index (χ2v) is 9.06. The van der Waals surface area contributed by atoms with Gasteiger partial charge in [-0.15, -0.1) is 0 Å². The van der Waals surface area contributed by atoms with E-state index >= 15 is 0 Å². The van der Waals surface area contributed by atoms with Crippen LogP contribution in [0.4, 0.5) is 10.1 Å². The molecule has 0 N–H and O–H groups in total. The molecule has 0 radical (unpaired) electrons. The van der Waals surface area contributed by atoms with Gasteiger partial charge in [-0.2, -0.15) is 5.26 Å². The van der Waals surface area contributed by atoms with E-state index in [0.29, 0.717) is 21.7 Å². The summed E-state index contributed by atoms with van der Waals surface area (Å²) in [7, 11) is 0. The van der Waals surface area contributed by atoms with Crippen LogP contribution in [0.15, 0.2) is 76.7 Å². The van der Waals surface area contributed by atoms with Crippen molar-refractivity contribution in [3.8, 4) is 11.8 Å². The third-order valence-corrected chi connectivity index (χ3v) is 6.34. The summed E-state index contributed by atoms with van der Waals surface area (Å²) >= 11 is 1.13. The first kappa shape index (κ1) is 24.2. The summed E-state index contributed by atoms with van der Waals surface area (Å²) in [4.78, 5) is 32.9. The van der Waals surface area contributed by atoms with E-state index in [-0.39, 0.29) is 30.2 Å². The van der Waals surface area contributed by atoms with Gasteiger partial charge in [0.15, 0.2) is 5.16 Å². The van der Waals surface area contributed by atoms with Crippen LogP contribution in [-0.2, 0) is 4.79 Å². The lowest BCUT2D eigenvalue weighted by Gasteiger charge is -2.23. The summed E-state index contributed by atoms with van der Waals surface area (Å²) in [6.07, 6.45) is 0.192. The number of halogens is 1. The van der Waals surface area contributed by atoms with Crippen molar-refractivity contribution in [2.75, 3.05) is 17.2 Å². The second-order valence-electron chi connectivity index (χ2n) is 8.12. The van der Waals surface area contributed by atoms with E-state index < -0.39 is 5.82 Å². The number of carbonyl (C=O) groups is 1. The highest BCUT2D eigenvalue weighted by atomic mass is 32.2. The Hall–Kier alpha value is -3.96. The molecule has 1 heterocycles. The summed E-state index contributed by atoms with van der Waals surface area (Å²) < 4.78 is 14.9. The fraction of sp³-hybridized carbons (Fsp3) is 0.185. The van der Waals surface area contributed by atoms with Crippen molar-refractivity contribution in [2.24, 2.45) is 0 Å². The van der Waals surface area contributed by atoms with Crippen LogP contribution < -0.4 is 10.5 Å². The Balaban J connectivity index is 1.70. The normalized spacial score (nSPS) is 10.8. The van der Waals surface area contributed by atoms with Crippen molar-refractivity contribution >= 4 is 34.3 Å². The number of hydrogen-bond donors (Lipinski definition) is 0. The number of nitriles is 1. The minimum atomic E-state index is -0.415. The molecule has 4 rings (SSSR count). The van der Waals surface area contributed by atoms with Gasteiger partial charge in [0.25, 0.3) is 5.56 Å². The van der Waals surface area contributed by atoms with Gasteiger partial charge in [0.05, 0.1) is 34.8 Å². The molecule has 0 fully saturated rings. The lowest BCUT2D eigenvalue weighted by molar-refractivity contribution is -0.116. The molecular weight excluding hydrogens is 463 g/mol. The summed E-state index contributed by atoms with van der Waals surface area (Å²) in [5.74, 6) is -0.616. The number of aryl methyl sites for hydroxylation is 2. The van der Waals surface area contributed by atoms with E-state index in [0.717, 1.165) is 28.6 Å². The fourth-order valence-corrected chi connectivity index (χ4v) is 4.79. The van der Waals surface area contributed by atoms with Gasteiger partial charge < -0.3 is 4.90 Å². The van der Waals surface area contributed by atoms with E-state index in [1.165, 1.54) is 28.8 Å². The van der Waals surface area contributed by atoms with Gasteiger partial charge in [0.2, 0.25) is 5.91 Å². The zero-order valence-electron chi connectivity index (χ0n) is 19.4. The molecule has 0 atom stereocenters. The Bertz CT molecular complexity index is 1470. The first-order valence-electron chi connectivity index (χ1n) is 11.0. The molecule has 0 saturated carbocycles. The Morgan fingerprint density at radius 2 is 1.77 bits per heavy atom. The van der Waals surface area contributed by atoms with Crippen LogP contribution in [0.1, 0.15) is 17.5 Å². The zero-order chi connectivity index (χ0) is 24.9. The van der Waals surface area contributed by atoms with Crippen molar-refractivity contribution in [1.82, 2.24) is 9.55 Å². The van der Waals surface area contributed by atoms with Crippen LogP contribution in [0.2, 0.25) is 0 Å². The molecular formula is C27H23FN4O2S. The number of para-hydroxylation sites is 1. The smallest absolute Gasteiger partial charge is 0.266 e. The molecule has 0 unspecified atom stereocenters. The van der Waals surface area contributed by atoms with Gasteiger partial charge in [0, 0.05) is 12.2 Å². The van der Waals surface area contributed by atoms with Gasteiger partial charge >= 0.3 is 0 Å². The Morgan fingerprint density at radius 1 is 1.09 bits per heavy atom. The number of aromatic nitrogens is 2. The summed E-state index contributed by atoms with van der Waals surface area (Å²) in [5.41, 5.74) is 3.44. The average molecular weight is 487 g/mol. The quantitative estimate of drug-likeness (QED) is 0.266. The van der Waals surface area contributed by atoms with E-state index in [1.54, 1.807) is 29.2 Å². The van der Waals surface area contributed by atoms with Gasteiger partial charge in [0.1, 0.15) is 5.82 Å². The molecule has 3 aromatic carbocycles. The molecule has 0 spiro atoms. The van der Waals surface area contributed by atoms with Crippen molar-refractivity contribution in [3.05, 3.63) is 94.0 Å². The lowest BCUT2D eigenvalue weighted by Crippen LogP contribution is -2.33. The number of rotatable bonds is 7. The zero-order valence-corrected chi connectivity index (χ0v) is 20.2. The second kappa shape index (κ2) is 10.5. The molecule has 0 aliphatic rings. The van der Waals surface area contributed by atoms with Gasteiger partial charge in [-0.3, -0.25) is 14.2 Å². The largest absolute Gasteiger partial charge is 0.311 e. The monoisotopic (exact) mass is 486 g/mol. The molecule has 6 nitrogen and oxygen atoms in total. The maximum absolute atomic E-state index is 13.5. The van der Waals surface area contributed by atoms with Crippen molar-refractivity contribution in [1.29, 1.82) is 5.26 Å². The van der Waals surface area contributed by atoms with Gasteiger partial charge in [-0.05, 0) is 73.5 Å². The predicted molar refractivity (Wildman–Crippen MR) is 137 cm³/mol. The third-order valence-electron chi connectivity index (χ3n) is 5.42. The molecule has 1 aromatic heterocycles. The first-order chi connectivity index (χ1) is 16.9. The highest BCUT2D eigenvalue weighted by Crippen LogP contribution is 2.24. The van der Waals surface area contributed by atoms with Crippen molar-refractivity contribution < 1.29 is 9.18 Å². The molecule has 8 heteroatoms. The average Bonchev–Trinajstić information content (AvgIpc) is 2.83. The number of thioether (sulfide) groups is 1. The number of fused-ring (bicyclic) bond motifs is 1. The van der Waals surface area contributed by atoms with Crippen LogP contribution in [0.5, 0.6) is 0 Å². The predicted octanol–water partition coefficient (Wildman–Crippen LogP) is 5.18. The molecule has 1 amide bonds. The number of benzene rings is 3. The molecule has 4 aromatic rings. The van der Waals surface area contributed by atoms with E-state index in [9.17, 15) is 14.0 Å². The summed E-state index contributed by atoms with van der Waals surface area (Å²) in [6.45, 7) is 4.17. The maximum Gasteiger partial charge on any atom is 0.266 e. The molecule has 0 aliphatic heterocycles. The number of amides is 1. The maximum atomic E-state index is 13.5. The molecule has 0 bridgehead atoms. The topological polar surface area (TPSA) is 79.0 Å². The van der Waals surface area contributed by atoms with Crippen LogP contribution in [0.25, 0.3) is 16.6 Å². The van der Waals surface area contributed by atoms with Crippen molar-refractivity contribution in [3.63, 3.8) is 0 Å². The number of nitrogens with zero attached hydrogens (tertiary/aromatic N) is 4. The number of anilines is 1. The Labute approximate surface area is 206 Å². The summed E-state index contributed by atoms with van der Waals surface area (Å²) in [6, 6.07) is 20.5. The molecule has 0 aliphatic carbocycles. The SMILES string of the molecule is Cc1cc(C)cc(N(CCC#N)C(=O)CSc2nc3ccccc3c(=O)n2-c2ccc(F)cc2)c1. The summed E-state index contributed by atoms with van der Waals surface area (Å²) in [5, 5.41) is 9.86. The Kier molecular flexibility index (Phi) is 7.28. The third kappa shape index (κ3) is 5.42. The lowest BCUT2D eigenvalue weighted by atomic mass is 10.1. The highest BCUT2D eigenvalue weighted by Gasteiger charge is 2.19. The van der Waals surface area contributed by atoms with E-state index in [1.807, 2.05) is 32.0 Å². The molecule has 0 saturated heterocycles. The molecule has 35 heavy (non-hydrogen) atoms. The van der Waals surface area contributed by atoms with Crippen LogP contribution >= 0.6 is 11.8 Å². The Morgan fingerprint density at radius 3 is 2.46 bits per heavy atom. The van der Waals surface area contributed by atoms with Crippen molar-refractivity contribution in [2.45, 2.75) is 25.4 Å². The number of hydrogen-bond acceptors (Lipinski definition) is 5.